The Labute approximate surface area is 258 Å². The first-order valence-electron chi connectivity index (χ1n) is 14.0. The number of carboxylic acid groups (broad SMARTS) is 1. The lowest BCUT2D eigenvalue weighted by Crippen LogP contribution is -2.51. The van der Waals surface area contributed by atoms with Crippen LogP contribution in [0.3, 0.4) is 0 Å². The number of nitrogens with zero attached hydrogens (tertiary/aromatic N) is 5. The van der Waals surface area contributed by atoms with E-state index in [9.17, 15) is 31.5 Å². The van der Waals surface area contributed by atoms with Crippen LogP contribution in [0, 0.1) is 0 Å². The number of rotatable bonds is 11. The van der Waals surface area contributed by atoms with Crippen molar-refractivity contribution in [3.63, 3.8) is 0 Å². The Kier molecular flexibility index (Phi) is 10.8. The van der Waals surface area contributed by atoms with E-state index in [0.717, 1.165) is 19.2 Å². The average molecular weight is 652 g/mol. The largest absolute Gasteiger partial charge is 0.483 e. The number of hydrogen-bond acceptors (Lipinski definition) is 8. The van der Waals surface area contributed by atoms with Crippen LogP contribution in [-0.2, 0) is 28.7 Å². The lowest BCUT2D eigenvalue weighted by atomic mass is 10.0. The van der Waals surface area contributed by atoms with E-state index in [4.69, 9.17) is 9.90 Å². The number of aromatic nitrogens is 5. The van der Waals surface area contributed by atoms with Crippen LogP contribution < -0.4 is 21.3 Å². The molecule has 4 aromatic rings. The number of anilines is 2. The van der Waals surface area contributed by atoms with Gasteiger partial charge >= 0.3 is 6.18 Å². The first-order valence-corrected chi connectivity index (χ1v) is 14.0. The lowest BCUT2D eigenvalue weighted by molar-refractivity contribution is -0.141. The van der Waals surface area contributed by atoms with Crippen molar-refractivity contribution >= 4 is 35.4 Å². The van der Waals surface area contributed by atoms with Crippen molar-refractivity contribution < 1.29 is 41.4 Å². The molecule has 4 heterocycles. The zero-order valence-corrected chi connectivity index (χ0v) is 24.3. The maximum atomic E-state index is 13.7. The average Bonchev–Trinajstić information content (AvgIpc) is 3.60. The number of carbonyl (C=O) groups excluding carboxylic acids is 2. The molecule has 1 atom stereocenters. The minimum atomic E-state index is -4.89. The highest BCUT2D eigenvalue weighted by Gasteiger charge is 2.38. The van der Waals surface area contributed by atoms with E-state index in [0.29, 0.717) is 34.5 Å². The number of nitrogens with one attached hydrogen (secondary N) is 4. The molecule has 3 aromatic heterocycles. The van der Waals surface area contributed by atoms with Gasteiger partial charge in [-0.05, 0) is 43.1 Å². The molecule has 0 saturated carbocycles. The van der Waals surface area contributed by atoms with Crippen LogP contribution in [0.25, 0.3) is 16.9 Å². The van der Waals surface area contributed by atoms with Crippen LogP contribution in [0.4, 0.5) is 33.5 Å². The highest BCUT2D eigenvalue weighted by Crippen LogP contribution is 2.37. The highest BCUT2D eigenvalue weighted by atomic mass is 19.4. The first kappa shape index (κ1) is 33.8. The molecule has 2 amide bonds. The molecule has 13 nitrogen and oxygen atoms in total. The standard InChI is InChI=1S/C27H28F5N9O2.CH2O2/c1-2-15-9-16(3-4-18(15)26(43)37-12-22(42)35-10-17-5-6-33-17)38-24-25-36-11-20(41(25)8-7-34-24)19-13-40(14-21(28)29)39-23(19)27(30,31)32;2-1-3/h3-4,7-9,11,13,17,21,33H,2,5-6,10,12,14H2,1H3,(H,34,38)(H,35,42)(H,37,43);1H,(H,2,3). The van der Waals surface area contributed by atoms with Crippen LogP contribution in [0.2, 0.25) is 0 Å². The molecular formula is C28H30F5N9O4. The normalized spacial score (nSPS) is 14.3. The molecule has 246 valence electrons. The molecule has 0 bridgehead atoms. The van der Waals surface area contributed by atoms with Gasteiger partial charge in [-0.25, -0.2) is 18.7 Å². The zero-order chi connectivity index (χ0) is 33.4. The maximum absolute atomic E-state index is 13.7. The summed E-state index contributed by atoms with van der Waals surface area (Å²) < 4.78 is 68.8. The predicted octanol–water partition coefficient (Wildman–Crippen LogP) is 3.09. The Morgan fingerprint density at radius 1 is 1.22 bits per heavy atom. The van der Waals surface area contributed by atoms with E-state index in [1.54, 1.807) is 18.2 Å². The van der Waals surface area contributed by atoms with Gasteiger partial charge in [0, 0.05) is 42.4 Å². The Hall–Kier alpha value is -5.13. The summed E-state index contributed by atoms with van der Waals surface area (Å²) in [5.41, 5.74) is 0.0447. The van der Waals surface area contributed by atoms with E-state index in [1.807, 2.05) is 6.92 Å². The SMILES string of the molecule is CCc1cc(Nc2nccn3c(-c4cn(CC(F)F)nc4C(F)(F)F)cnc23)ccc1C(=O)NCC(=O)NCC1CCN1.O=CO. The van der Waals surface area contributed by atoms with Gasteiger partial charge < -0.3 is 26.4 Å². The summed E-state index contributed by atoms with van der Waals surface area (Å²) in [7, 11) is 0. The summed E-state index contributed by atoms with van der Waals surface area (Å²) >= 11 is 0. The van der Waals surface area contributed by atoms with Gasteiger partial charge in [-0.2, -0.15) is 18.3 Å². The van der Waals surface area contributed by atoms with Gasteiger partial charge in [0.25, 0.3) is 18.8 Å². The van der Waals surface area contributed by atoms with E-state index in [2.05, 4.69) is 36.3 Å². The van der Waals surface area contributed by atoms with Gasteiger partial charge in [0.1, 0.15) is 6.54 Å². The second-order valence-corrected chi connectivity index (χ2v) is 10.00. The number of benzene rings is 1. The van der Waals surface area contributed by atoms with Crippen molar-refractivity contribution in [2.75, 3.05) is 25.0 Å². The van der Waals surface area contributed by atoms with Crippen molar-refractivity contribution in [3.05, 3.63) is 59.8 Å². The van der Waals surface area contributed by atoms with Gasteiger partial charge in [0.2, 0.25) is 5.91 Å². The quantitative estimate of drug-likeness (QED) is 0.121. The third kappa shape index (κ3) is 8.12. The van der Waals surface area contributed by atoms with Crippen LogP contribution in [0.15, 0.2) is 43.0 Å². The molecule has 1 fully saturated rings. The van der Waals surface area contributed by atoms with Crippen LogP contribution >= 0.6 is 0 Å². The molecule has 5 N–H and O–H groups in total. The van der Waals surface area contributed by atoms with Crippen LogP contribution in [0.1, 0.15) is 35.0 Å². The van der Waals surface area contributed by atoms with E-state index in [1.165, 1.54) is 23.0 Å². The fraction of sp³-hybridized carbons (Fsp3) is 0.357. The topological polar surface area (TPSA) is 168 Å². The number of amides is 2. The number of hydrogen-bond donors (Lipinski definition) is 5. The van der Waals surface area contributed by atoms with E-state index in [-0.39, 0.29) is 42.1 Å². The van der Waals surface area contributed by atoms with Crippen molar-refractivity contribution in [1.82, 2.24) is 40.1 Å². The minimum Gasteiger partial charge on any atom is -0.483 e. The molecule has 0 radical (unpaired) electrons. The molecular weight excluding hydrogens is 621 g/mol. The van der Waals surface area contributed by atoms with Gasteiger partial charge in [-0.1, -0.05) is 6.92 Å². The van der Waals surface area contributed by atoms with Gasteiger partial charge in [0.15, 0.2) is 17.2 Å². The Balaban J connectivity index is 0.00000154. The molecule has 0 aliphatic carbocycles. The van der Waals surface area contributed by atoms with Crippen LogP contribution in [0.5, 0.6) is 0 Å². The molecule has 46 heavy (non-hydrogen) atoms. The first-order chi connectivity index (χ1) is 21.9. The number of halogens is 5. The fourth-order valence-corrected chi connectivity index (χ4v) is 4.66. The molecule has 1 aliphatic rings. The molecule has 18 heteroatoms. The van der Waals surface area contributed by atoms with Gasteiger partial charge in [-0.15, -0.1) is 0 Å². The van der Waals surface area contributed by atoms with Crippen molar-refractivity contribution in [2.24, 2.45) is 0 Å². The Bertz CT molecular complexity index is 1690. The summed E-state index contributed by atoms with van der Waals surface area (Å²) in [5.74, 6) is -0.495. The number of carbonyl (C=O) groups is 3. The summed E-state index contributed by atoms with van der Waals surface area (Å²) in [4.78, 5) is 41.7. The van der Waals surface area contributed by atoms with E-state index < -0.39 is 36.3 Å². The maximum Gasteiger partial charge on any atom is 0.435 e. The fourth-order valence-electron chi connectivity index (χ4n) is 4.66. The van der Waals surface area contributed by atoms with Gasteiger partial charge in [-0.3, -0.25) is 23.5 Å². The Morgan fingerprint density at radius 2 is 1.96 bits per heavy atom. The van der Waals surface area contributed by atoms with Gasteiger partial charge in [0.05, 0.1) is 24.0 Å². The summed E-state index contributed by atoms with van der Waals surface area (Å²) in [6.45, 7) is 1.88. The summed E-state index contributed by atoms with van der Waals surface area (Å²) in [6, 6.07) is 5.20. The molecule has 0 spiro atoms. The van der Waals surface area contributed by atoms with Crippen molar-refractivity contribution in [1.29, 1.82) is 0 Å². The second-order valence-electron chi connectivity index (χ2n) is 10.00. The molecule has 5 rings (SSSR count). The van der Waals surface area contributed by atoms with E-state index >= 15 is 0 Å². The monoisotopic (exact) mass is 651 g/mol. The lowest BCUT2D eigenvalue weighted by Gasteiger charge is -2.27. The third-order valence-electron chi connectivity index (χ3n) is 6.93. The van der Waals surface area contributed by atoms with Crippen molar-refractivity contribution in [3.8, 4) is 11.3 Å². The Morgan fingerprint density at radius 3 is 2.59 bits per heavy atom. The second kappa shape index (κ2) is 14.8. The summed E-state index contributed by atoms with van der Waals surface area (Å²) in [5, 5.41) is 21.9. The molecule has 1 aliphatic heterocycles. The number of fused-ring (bicyclic) bond motifs is 1. The number of aryl methyl sites for hydroxylation is 1. The highest BCUT2D eigenvalue weighted by molar-refractivity contribution is 5.98. The zero-order valence-electron chi connectivity index (χ0n) is 24.3. The predicted molar refractivity (Wildman–Crippen MR) is 155 cm³/mol. The number of imidazole rings is 1. The van der Waals surface area contributed by atoms with Crippen LogP contribution in [-0.4, -0.2) is 79.6 Å². The smallest absolute Gasteiger partial charge is 0.435 e. The number of alkyl halides is 5. The van der Waals surface area contributed by atoms with Crippen molar-refractivity contribution in [2.45, 2.75) is 45.0 Å². The molecule has 1 unspecified atom stereocenters. The third-order valence-corrected chi connectivity index (χ3v) is 6.93. The summed E-state index contributed by atoms with van der Waals surface area (Å²) in [6.07, 6.45) is -1.44. The molecule has 1 saturated heterocycles. The minimum absolute atomic E-state index is 0.0115. The molecule has 1 aromatic carbocycles.